The molecule has 0 saturated carbocycles. The van der Waals surface area contributed by atoms with E-state index in [0.29, 0.717) is 16.7 Å². The molecule has 0 fully saturated rings. The second-order valence-corrected chi connectivity index (χ2v) is 9.02. The predicted molar refractivity (Wildman–Crippen MR) is 117 cm³/mol. The molecule has 2 rings (SSSR count). The Balaban J connectivity index is 2.45. The highest BCUT2D eigenvalue weighted by molar-refractivity contribution is 14.1. The minimum atomic E-state index is -4.31. The fourth-order valence-electron chi connectivity index (χ4n) is 2.56. The van der Waals surface area contributed by atoms with Gasteiger partial charge in [-0.05, 0) is 47.3 Å². The van der Waals surface area contributed by atoms with Gasteiger partial charge in [-0.25, -0.2) is 17.6 Å². The quantitative estimate of drug-likeness (QED) is 0.177. The maximum absolute atomic E-state index is 14.5. The van der Waals surface area contributed by atoms with Crippen molar-refractivity contribution in [3.05, 3.63) is 51.1 Å². The summed E-state index contributed by atoms with van der Waals surface area (Å²) in [6, 6.07) is 4.08. The van der Waals surface area contributed by atoms with Crippen LogP contribution in [0.4, 0.5) is 34.6 Å². The topological polar surface area (TPSA) is 73.5 Å². The zero-order valence-electron chi connectivity index (χ0n) is 16.2. The third-order valence-corrected chi connectivity index (χ3v) is 6.33. The molecule has 2 aromatic carbocycles. The summed E-state index contributed by atoms with van der Waals surface area (Å²) >= 11 is 1.86. The number of hydrogen-bond acceptors (Lipinski definition) is 4. The largest absolute Gasteiger partial charge is 0.349 e. The van der Waals surface area contributed by atoms with Gasteiger partial charge in [-0.1, -0.05) is 13.8 Å². The maximum atomic E-state index is 14.5. The molecule has 6 nitrogen and oxygen atoms in total. The number of halogens is 5. The lowest BCUT2D eigenvalue weighted by Gasteiger charge is -2.23. The first-order valence-corrected chi connectivity index (χ1v) is 11.5. The molecule has 166 valence electrons. The third-order valence-electron chi connectivity index (χ3n) is 4.07. The summed E-state index contributed by atoms with van der Waals surface area (Å²) in [6.45, 7) is 4.51. The van der Waals surface area contributed by atoms with Gasteiger partial charge in [0.2, 0.25) is 0 Å². The van der Waals surface area contributed by atoms with E-state index in [2.05, 4.69) is 10.6 Å². The van der Waals surface area contributed by atoms with Gasteiger partial charge in [-0.2, -0.15) is 12.7 Å². The van der Waals surface area contributed by atoms with Gasteiger partial charge in [-0.3, -0.25) is 4.72 Å². The predicted octanol–water partition coefficient (Wildman–Crippen LogP) is 4.18. The molecule has 0 atom stereocenters. The molecule has 2 aromatic rings. The Kier molecular flexibility index (Phi) is 8.70. The van der Waals surface area contributed by atoms with E-state index in [-0.39, 0.29) is 24.8 Å². The Bertz CT molecular complexity index is 1010. The van der Waals surface area contributed by atoms with Crippen molar-refractivity contribution in [2.45, 2.75) is 13.8 Å². The Morgan fingerprint density at radius 3 is 2.30 bits per heavy atom. The van der Waals surface area contributed by atoms with Crippen LogP contribution < -0.4 is 15.4 Å². The first-order valence-electron chi connectivity index (χ1n) is 8.98. The first kappa shape index (κ1) is 24.6. The Morgan fingerprint density at radius 1 is 1.00 bits per heavy atom. The van der Waals surface area contributed by atoms with Crippen molar-refractivity contribution < 1.29 is 26.0 Å². The molecular formula is C18H21F4IN4O2S. The minimum absolute atomic E-state index is 0.0561. The van der Waals surface area contributed by atoms with Crippen LogP contribution in [-0.2, 0) is 10.2 Å². The lowest BCUT2D eigenvalue weighted by atomic mass is 10.2. The second-order valence-electron chi connectivity index (χ2n) is 6.11. The van der Waals surface area contributed by atoms with Crippen molar-refractivity contribution in [2.24, 2.45) is 0 Å². The van der Waals surface area contributed by atoms with E-state index < -0.39 is 44.9 Å². The number of rotatable bonds is 10. The highest BCUT2D eigenvalue weighted by Gasteiger charge is 2.27. The Hall–Kier alpha value is -1.64. The van der Waals surface area contributed by atoms with Crippen LogP contribution in [0.2, 0.25) is 0 Å². The Morgan fingerprint density at radius 2 is 1.70 bits per heavy atom. The average Bonchev–Trinajstić information content (AvgIpc) is 2.67. The van der Waals surface area contributed by atoms with Crippen LogP contribution in [0.1, 0.15) is 13.8 Å². The second kappa shape index (κ2) is 10.6. The summed E-state index contributed by atoms with van der Waals surface area (Å²) in [5, 5.41) is 5.22. The highest BCUT2D eigenvalue weighted by Crippen LogP contribution is 2.35. The summed E-state index contributed by atoms with van der Waals surface area (Å²) in [4.78, 5) is 0. The summed E-state index contributed by atoms with van der Waals surface area (Å²) in [6.07, 6.45) is 0. The van der Waals surface area contributed by atoms with E-state index in [4.69, 9.17) is 0 Å². The minimum Gasteiger partial charge on any atom is -0.349 e. The van der Waals surface area contributed by atoms with E-state index >= 15 is 0 Å². The van der Waals surface area contributed by atoms with E-state index in [0.717, 1.165) is 10.4 Å². The molecule has 0 bridgehead atoms. The number of likely N-dealkylation sites (N-methyl/N-ethyl adjacent to an activating group) is 2. The highest BCUT2D eigenvalue weighted by atomic mass is 127. The normalized spacial score (nSPS) is 11.7. The van der Waals surface area contributed by atoms with Crippen molar-refractivity contribution in [3.8, 4) is 0 Å². The molecule has 0 radical (unpaired) electrons. The molecule has 0 spiro atoms. The maximum Gasteiger partial charge on any atom is 0.301 e. The summed E-state index contributed by atoms with van der Waals surface area (Å²) in [5.74, 6) is -5.26. The van der Waals surface area contributed by atoms with Crippen molar-refractivity contribution in [2.75, 3.05) is 36.2 Å². The van der Waals surface area contributed by atoms with E-state index in [1.807, 2.05) is 34.2 Å². The lowest BCUT2D eigenvalue weighted by molar-refractivity contribution is 0.425. The van der Waals surface area contributed by atoms with E-state index in [1.54, 1.807) is 6.92 Å². The Labute approximate surface area is 186 Å². The van der Waals surface area contributed by atoms with Gasteiger partial charge >= 0.3 is 10.2 Å². The van der Waals surface area contributed by atoms with Gasteiger partial charge in [0.15, 0.2) is 17.5 Å². The van der Waals surface area contributed by atoms with Gasteiger partial charge in [-0.15, -0.1) is 0 Å². The number of nitrogens with zero attached hydrogens (tertiary/aromatic N) is 1. The number of anilines is 3. The third kappa shape index (κ3) is 5.95. The van der Waals surface area contributed by atoms with E-state index in [9.17, 15) is 26.0 Å². The number of hydrogen-bond donors (Lipinski definition) is 3. The molecule has 0 heterocycles. The van der Waals surface area contributed by atoms with Gasteiger partial charge in [0, 0.05) is 29.3 Å². The SMILES string of the molecule is CCNCCN(CC)S(=O)(=O)Nc1c(F)cc(F)c(F)c1Nc1ccc(I)cc1F. The molecule has 3 N–H and O–H groups in total. The van der Waals surface area contributed by atoms with Gasteiger partial charge < -0.3 is 10.6 Å². The van der Waals surface area contributed by atoms with E-state index in [1.165, 1.54) is 12.1 Å². The van der Waals surface area contributed by atoms with Crippen LogP contribution in [0, 0.1) is 26.8 Å². The number of nitrogens with one attached hydrogen (secondary N) is 3. The first-order chi connectivity index (χ1) is 14.1. The molecule has 12 heteroatoms. The fourth-order valence-corrected chi connectivity index (χ4v) is 4.27. The smallest absolute Gasteiger partial charge is 0.301 e. The van der Waals surface area contributed by atoms with Crippen molar-refractivity contribution in [3.63, 3.8) is 0 Å². The number of benzene rings is 2. The zero-order chi connectivity index (χ0) is 22.5. The zero-order valence-corrected chi connectivity index (χ0v) is 19.2. The monoisotopic (exact) mass is 560 g/mol. The van der Waals surface area contributed by atoms with Gasteiger partial charge in [0.25, 0.3) is 0 Å². The van der Waals surface area contributed by atoms with Gasteiger partial charge in [0.05, 0.1) is 5.69 Å². The standard InChI is InChI=1S/C18H21F4IN4O2S/c1-3-24-7-8-27(4-2)30(28,29)26-17-14(21)10-13(20)16(22)18(17)25-15-6-5-11(23)9-12(15)19/h5-6,9-10,24-26H,3-4,7-8H2,1-2H3. The lowest BCUT2D eigenvalue weighted by Crippen LogP contribution is -2.40. The molecular weight excluding hydrogens is 539 g/mol. The molecule has 0 aliphatic heterocycles. The average molecular weight is 560 g/mol. The van der Waals surface area contributed by atoms with Crippen LogP contribution >= 0.6 is 22.6 Å². The van der Waals surface area contributed by atoms with Crippen molar-refractivity contribution >= 4 is 49.9 Å². The van der Waals surface area contributed by atoms with Crippen LogP contribution in [0.3, 0.4) is 0 Å². The molecule has 0 saturated heterocycles. The summed E-state index contributed by atoms with van der Waals surface area (Å²) < 4.78 is 85.8. The summed E-state index contributed by atoms with van der Waals surface area (Å²) in [7, 11) is -4.31. The van der Waals surface area contributed by atoms with Crippen molar-refractivity contribution in [1.82, 2.24) is 9.62 Å². The van der Waals surface area contributed by atoms with Crippen LogP contribution in [-0.4, -0.2) is 38.9 Å². The van der Waals surface area contributed by atoms with Crippen LogP contribution in [0.5, 0.6) is 0 Å². The van der Waals surface area contributed by atoms with Gasteiger partial charge in [0.1, 0.15) is 17.2 Å². The molecule has 0 amide bonds. The molecule has 0 aromatic heterocycles. The van der Waals surface area contributed by atoms with Crippen LogP contribution in [0.15, 0.2) is 24.3 Å². The van der Waals surface area contributed by atoms with Crippen molar-refractivity contribution in [1.29, 1.82) is 0 Å². The van der Waals surface area contributed by atoms with Crippen LogP contribution in [0.25, 0.3) is 0 Å². The fraction of sp³-hybridized carbons (Fsp3) is 0.333. The molecule has 0 aliphatic carbocycles. The summed E-state index contributed by atoms with van der Waals surface area (Å²) in [5.41, 5.74) is -1.99. The molecule has 0 unspecified atom stereocenters. The molecule has 0 aliphatic rings. The molecule has 30 heavy (non-hydrogen) atoms.